The summed E-state index contributed by atoms with van der Waals surface area (Å²) in [5, 5.41) is 13.6. The monoisotopic (exact) mass is 606 g/mol. The number of para-hydroxylation sites is 1. The highest BCUT2D eigenvalue weighted by molar-refractivity contribution is 5.93. The van der Waals surface area contributed by atoms with Crippen molar-refractivity contribution in [3.8, 4) is 5.75 Å². The minimum atomic E-state index is -1.09. The van der Waals surface area contributed by atoms with E-state index in [9.17, 15) is 14.7 Å². The van der Waals surface area contributed by atoms with Gasteiger partial charge in [0.25, 0.3) is 0 Å². The highest BCUT2D eigenvalue weighted by Crippen LogP contribution is 2.36. The number of carbonyl (C=O) groups excluding carboxylic acids is 1. The number of hydrogen-bond donors (Lipinski definition) is 2. The molecule has 0 radical (unpaired) electrons. The number of aromatic nitrogens is 2. The summed E-state index contributed by atoms with van der Waals surface area (Å²) in [6.07, 6.45) is 14.1. The quantitative estimate of drug-likeness (QED) is 0.274. The van der Waals surface area contributed by atoms with E-state index in [2.05, 4.69) is 72.4 Å². The van der Waals surface area contributed by atoms with E-state index in [1.807, 2.05) is 12.2 Å². The first-order valence-electron chi connectivity index (χ1n) is 16.0. The highest BCUT2D eigenvalue weighted by Gasteiger charge is 2.34. The molecule has 1 amide bonds. The average Bonchev–Trinajstić information content (AvgIpc) is 3.81. The number of nitrogens with two attached hydrogens (primary N) is 1. The van der Waals surface area contributed by atoms with E-state index in [4.69, 9.17) is 10.5 Å². The summed E-state index contributed by atoms with van der Waals surface area (Å²) < 4.78 is 8.01. The normalized spacial score (nSPS) is 17.6. The number of allylic oxidation sites excluding steroid dienone is 6. The standard InChI is InChI=1S/C37H42N4O4/c1-24-9-16-30(41-35(38)33(22-39-41)37(43)44)6-4-7-31(24)32-8-3-5-25(2)34(32)45-23-28-12-10-26(11-13-28)21-27-17-19-40(20-18-27)36(42)29-14-15-29/h3-8,10-13,22,27,29H,9,14-21,23,38H2,1-2H3,(H,43,44). The zero-order valence-corrected chi connectivity index (χ0v) is 26.2. The zero-order valence-electron chi connectivity index (χ0n) is 26.2. The Kier molecular flexibility index (Phi) is 8.92. The van der Waals surface area contributed by atoms with Crippen LogP contribution in [0.15, 0.2) is 72.5 Å². The van der Waals surface area contributed by atoms with Gasteiger partial charge in [-0.3, -0.25) is 4.79 Å². The number of aryl methyl sites for hydroxylation is 1. The highest BCUT2D eigenvalue weighted by atomic mass is 16.5. The molecular formula is C37H42N4O4. The molecule has 0 bridgehead atoms. The van der Waals surface area contributed by atoms with E-state index in [-0.39, 0.29) is 11.4 Å². The van der Waals surface area contributed by atoms with Crippen LogP contribution in [0.1, 0.15) is 78.1 Å². The van der Waals surface area contributed by atoms with Gasteiger partial charge in [-0.25, -0.2) is 9.48 Å². The van der Waals surface area contributed by atoms with Gasteiger partial charge in [0, 0.05) is 30.3 Å². The van der Waals surface area contributed by atoms with E-state index in [0.717, 1.165) is 85.3 Å². The maximum atomic E-state index is 12.4. The lowest BCUT2D eigenvalue weighted by atomic mass is 9.90. The Balaban J connectivity index is 1.10. The van der Waals surface area contributed by atoms with Crippen LogP contribution in [0.3, 0.4) is 0 Å². The number of hydrogen-bond acceptors (Lipinski definition) is 5. The first kappa shape index (κ1) is 30.4. The van der Waals surface area contributed by atoms with E-state index in [1.165, 1.54) is 22.0 Å². The molecule has 2 aliphatic carbocycles. The van der Waals surface area contributed by atoms with E-state index >= 15 is 0 Å². The molecule has 1 aliphatic heterocycles. The first-order chi connectivity index (χ1) is 21.8. The molecule has 3 aliphatic rings. The number of rotatable bonds is 9. The molecule has 1 saturated carbocycles. The second-order valence-electron chi connectivity index (χ2n) is 12.7. The fourth-order valence-corrected chi connectivity index (χ4v) is 6.44. The van der Waals surface area contributed by atoms with Gasteiger partial charge in [0.2, 0.25) is 5.91 Å². The Hall–Kier alpha value is -4.59. The predicted octanol–water partition coefficient (Wildman–Crippen LogP) is 6.91. The third-order valence-corrected chi connectivity index (χ3v) is 9.36. The predicted molar refractivity (Wildman–Crippen MR) is 177 cm³/mol. The molecule has 0 atom stereocenters. The minimum Gasteiger partial charge on any atom is -0.488 e. The largest absolute Gasteiger partial charge is 0.488 e. The van der Waals surface area contributed by atoms with Crippen LogP contribution in [-0.2, 0) is 17.8 Å². The van der Waals surface area contributed by atoms with Crippen molar-refractivity contribution in [3.05, 3.63) is 100 Å². The third kappa shape index (κ3) is 6.90. The molecule has 45 heavy (non-hydrogen) atoms. The molecule has 1 aromatic heterocycles. The number of likely N-dealkylation sites (tertiary alicyclic amines) is 1. The number of anilines is 1. The molecule has 8 nitrogen and oxygen atoms in total. The lowest BCUT2D eigenvalue weighted by Crippen LogP contribution is -2.39. The second kappa shape index (κ2) is 13.2. The van der Waals surface area contributed by atoms with Crippen LogP contribution in [0.25, 0.3) is 11.3 Å². The first-order valence-corrected chi connectivity index (χ1v) is 16.0. The molecule has 2 heterocycles. The van der Waals surface area contributed by atoms with Crippen molar-refractivity contribution in [1.82, 2.24) is 14.7 Å². The number of piperidine rings is 1. The summed E-state index contributed by atoms with van der Waals surface area (Å²) in [7, 11) is 0. The Bertz CT molecular complexity index is 1670. The van der Waals surface area contributed by atoms with Gasteiger partial charge in [0.1, 0.15) is 23.7 Å². The Morgan fingerprint density at radius 1 is 1.00 bits per heavy atom. The number of aromatic carboxylic acids is 1. The Labute approximate surface area is 264 Å². The van der Waals surface area contributed by atoms with Crippen LogP contribution < -0.4 is 10.5 Å². The molecule has 0 unspecified atom stereocenters. The SMILES string of the molecule is CC1=C(c2cccc(C)c2OCc2ccc(CC3CCN(C(=O)C4CC4)CC3)cc2)C=CC=C(n2ncc(C(=O)O)c2N)CC1. The van der Waals surface area contributed by atoms with Crippen LogP contribution in [0.2, 0.25) is 0 Å². The van der Waals surface area contributed by atoms with Crippen LogP contribution >= 0.6 is 0 Å². The molecule has 3 aromatic rings. The molecule has 234 valence electrons. The van der Waals surface area contributed by atoms with Gasteiger partial charge in [-0.15, -0.1) is 0 Å². The van der Waals surface area contributed by atoms with Crippen LogP contribution in [0.5, 0.6) is 5.75 Å². The summed E-state index contributed by atoms with van der Waals surface area (Å²) >= 11 is 0. The summed E-state index contributed by atoms with van der Waals surface area (Å²) in [4.78, 5) is 25.9. The number of amides is 1. The average molecular weight is 607 g/mol. The maximum Gasteiger partial charge on any atom is 0.341 e. The van der Waals surface area contributed by atoms with Gasteiger partial charge in [0.05, 0.1) is 6.20 Å². The van der Waals surface area contributed by atoms with Gasteiger partial charge in [0.15, 0.2) is 0 Å². The van der Waals surface area contributed by atoms with Crippen LogP contribution in [0.4, 0.5) is 5.82 Å². The fourth-order valence-electron chi connectivity index (χ4n) is 6.44. The van der Waals surface area contributed by atoms with Crippen molar-refractivity contribution >= 4 is 29.0 Å². The van der Waals surface area contributed by atoms with Crippen molar-refractivity contribution in [2.24, 2.45) is 11.8 Å². The zero-order chi connectivity index (χ0) is 31.5. The molecule has 0 spiro atoms. The van der Waals surface area contributed by atoms with E-state index in [1.54, 1.807) is 0 Å². The lowest BCUT2D eigenvalue weighted by molar-refractivity contribution is -0.133. The van der Waals surface area contributed by atoms with Gasteiger partial charge in [-0.1, -0.05) is 60.2 Å². The minimum absolute atomic E-state index is 0.00416. The molecule has 1 saturated heterocycles. The number of carbonyl (C=O) groups is 2. The molecule has 2 aromatic carbocycles. The van der Waals surface area contributed by atoms with Gasteiger partial charge >= 0.3 is 5.97 Å². The van der Waals surface area contributed by atoms with Crippen LogP contribution in [0, 0.1) is 18.8 Å². The summed E-state index contributed by atoms with van der Waals surface area (Å²) in [5.74, 6) is 1.25. The third-order valence-electron chi connectivity index (χ3n) is 9.36. The van der Waals surface area contributed by atoms with Gasteiger partial charge in [-0.2, -0.15) is 5.10 Å². The number of nitrogen functional groups attached to an aromatic ring is 1. The number of ether oxygens (including phenoxy) is 1. The van der Waals surface area contributed by atoms with Crippen molar-refractivity contribution in [2.45, 2.75) is 65.4 Å². The lowest BCUT2D eigenvalue weighted by Gasteiger charge is -2.32. The summed E-state index contributed by atoms with van der Waals surface area (Å²) in [6, 6.07) is 15.0. The summed E-state index contributed by atoms with van der Waals surface area (Å²) in [6.45, 7) is 6.48. The fraction of sp³-hybridized carbons (Fsp3) is 0.378. The molecule has 6 rings (SSSR count). The smallest absolute Gasteiger partial charge is 0.341 e. The number of benzene rings is 2. The van der Waals surface area contributed by atoms with Crippen molar-refractivity contribution < 1.29 is 19.4 Å². The molecule has 2 fully saturated rings. The van der Waals surface area contributed by atoms with Crippen molar-refractivity contribution in [1.29, 1.82) is 0 Å². The van der Waals surface area contributed by atoms with Gasteiger partial charge in [-0.05, 0) is 93.1 Å². The molecule has 8 heteroatoms. The van der Waals surface area contributed by atoms with Crippen LogP contribution in [-0.4, -0.2) is 44.8 Å². The number of carboxylic acid groups (broad SMARTS) is 1. The maximum absolute atomic E-state index is 12.4. The molecular weight excluding hydrogens is 564 g/mol. The van der Waals surface area contributed by atoms with Crippen molar-refractivity contribution in [3.63, 3.8) is 0 Å². The summed E-state index contributed by atoms with van der Waals surface area (Å²) in [5.41, 5.74) is 13.8. The Morgan fingerprint density at radius 3 is 2.42 bits per heavy atom. The number of carboxylic acids is 1. The number of nitrogens with zero attached hydrogens (tertiary/aromatic N) is 3. The van der Waals surface area contributed by atoms with E-state index in [0.29, 0.717) is 30.8 Å². The molecule has 3 N–H and O–H groups in total. The van der Waals surface area contributed by atoms with E-state index < -0.39 is 5.97 Å². The van der Waals surface area contributed by atoms with Crippen molar-refractivity contribution in [2.75, 3.05) is 18.8 Å². The van der Waals surface area contributed by atoms with Gasteiger partial charge < -0.3 is 20.5 Å². The topological polar surface area (TPSA) is 111 Å². The Morgan fingerprint density at radius 2 is 1.73 bits per heavy atom. The second-order valence-corrected chi connectivity index (χ2v) is 12.7.